The Labute approximate surface area is 149 Å². The molecular formula is C22H25NO2. The van der Waals surface area contributed by atoms with Crippen LogP contribution < -0.4 is 4.90 Å². The Morgan fingerprint density at radius 1 is 1.00 bits per heavy atom. The molecular weight excluding hydrogens is 310 g/mol. The lowest BCUT2D eigenvalue weighted by Crippen LogP contribution is -2.38. The van der Waals surface area contributed by atoms with Crippen LogP contribution in [0.2, 0.25) is 0 Å². The van der Waals surface area contributed by atoms with Crippen LogP contribution in [0.1, 0.15) is 48.7 Å². The molecule has 3 nitrogen and oxygen atoms in total. The van der Waals surface area contributed by atoms with E-state index < -0.39 is 5.41 Å². The molecule has 0 saturated heterocycles. The Morgan fingerprint density at radius 3 is 2.40 bits per heavy atom. The minimum absolute atomic E-state index is 0.143. The van der Waals surface area contributed by atoms with Crippen LogP contribution in [0.25, 0.3) is 0 Å². The minimum Gasteiger partial charge on any atom is -0.311 e. The van der Waals surface area contributed by atoms with Crippen LogP contribution in [0.4, 0.5) is 5.69 Å². The Balaban J connectivity index is 1.81. The third kappa shape index (κ3) is 3.65. The van der Waals surface area contributed by atoms with E-state index in [0.29, 0.717) is 12.8 Å². The highest BCUT2D eigenvalue weighted by molar-refractivity contribution is 6.00. The lowest BCUT2D eigenvalue weighted by molar-refractivity contribution is -0.125. The van der Waals surface area contributed by atoms with Crippen molar-refractivity contribution in [3.05, 3.63) is 65.2 Å². The summed E-state index contributed by atoms with van der Waals surface area (Å²) < 4.78 is 0. The van der Waals surface area contributed by atoms with Crippen LogP contribution in [0.15, 0.2) is 48.5 Å². The van der Waals surface area contributed by atoms with Crippen LogP contribution in [0.3, 0.4) is 0 Å². The SMILES string of the molecule is CC(C)(C)C(=O)N1CCc2cccc(CCC(=O)c3ccccc3)c21. The predicted octanol–water partition coefficient (Wildman–Crippen LogP) is 4.44. The smallest absolute Gasteiger partial charge is 0.232 e. The van der Waals surface area contributed by atoms with Crippen molar-refractivity contribution < 1.29 is 9.59 Å². The second-order valence-corrected chi connectivity index (χ2v) is 7.67. The van der Waals surface area contributed by atoms with Gasteiger partial charge in [0.1, 0.15) is 0 Å². The van der Waals surface area contributed by atoms with Gasteiger partial charge >= 0.3 is 0 Å². The summed E-state index contributed by atoms with van der Waals surface area (Å²) in [5, 5.41) is 0. The van der Waals surface area contributed by atoms with Crippen LogP contribution in [-0.2, 0) is 17.6 Å². The zero-order valence-electron chi connectivity index (χ0n) is 15.2. The molecule has 0 aliphatic carbocycles. The minimum atomic E-state index is -0.408. The number of anilines is 1. The van der Waals surface area contributed by atoms with Gasteiger partial charge in [0.2, 0.25) is 5.91 Å². The average Bonchev–Trinajstić information content (AvgIpc) is 3.03. The van der Waals surface area contributed by atoms with Crippen LogP contribution in [-0.4, -0.2) is 18.2 Å². The van der Waals surface area contributed by atoms with Crippen LogP contribution in [0, 0.1) is 5.41 Å². The van der Waals surface area contributed by atoms with Crippen molar-refractivity contribution in [3.8, 4) is 0 Å². The summed E-state index contributed by atoms with van der Waals surface area (Å²) >= 11 is 0. The highest BCUT2D eigenvalue weighted by atomic mass is 16.2. The Morgan fingerprint density at radius 2 is 1.72 bits per heavy atom. The summed E-state index contributed by atoms with van der Waals surface area (Å²) in [6.07, 6.45) is 2.00. The van der Waals surface area contributed by atoms with E-state index in [1.54, 1.807) is 0 Å². The molecule has 2 aromatic rings. The molecule has 0 saturated carbocycles. The molecule has 1 amide bonds. The van der Waals surface area contributed by atoms with E-state index in [1.165, 1.54) is 5.56 Å². The van der Waals surface area contributed by atoms with E-state index in [9.17, 15) is 9.59 Å². The fourth-order valence-electron chi connectivity index (χ4n) is 3.36. The van der Waals surface area contributed by atoms with Crippen molar-refractivity contribution in [2.24, 2.45) is 5.41 Å². The number of carbonyl (C=O) groups excluding carboxylic acids is 2. The molecule has 1 aliphatic heterocycles. The topological polar surface area (TPSA) is 37.4 Å². The Hall–Kier alpha value is -2.42. The van der Waals surface area contributed by atoms with Crippen molar-refractivity contribution in [2.45, 2.75) is 40.0 Å². The number of para-hydroxylation sites is 1. The fourth-order valence-corrected chi connectivity index (χ4v) is 3.36. The van der Waals surface area contributed by atoms with Crippen molar-refractivity contribution in [1.29, 1.82) is 0 Å². The number of aryl methyl sites for hydroxylation is 1. The summed E-state index contributed by atoms with van der Waals surface area (Å²) in [5.41, 5.74) is 3.68. The first-order chi connectivity index (χ1) is 11.9. The van der Waals surface area contributed by atoms with Gasteiger partial charge in [-0.1, -0.05) is 69.3 Å². The molecule has 1 heterocycles. The zero-order valence-corrected chi connectivity index (χ0v) is 15.2. The number of rotatable bonds is 4. The highest BCUT2D eigenvalue weighted by Gasteiger charge is 2.33. The van der Waals surface area contributed by atoms with Gasteiger partial charge < -0.3 is 4.90 Å². The van der Waals surface area contributed by atoms with Crippen molar-refractivity contribution in [3.63, 3.8) is 0 Å². The van der Waals surface area contributed by atoms with Gasteiger partial charge in [-0.25, -0.2) is 0 Å². The molecule has 0 atom stereocenters. The van der Waals surface area contributed by atoms with Crippen molar-refractivity contribution in [2.75, 3.05) is 11.4 Å². The Kier molecular flexibility index (Phi) is 4.76. The lowest BCUT2D eigenvalue weighted by Gasteiger charge is -2.27. The summed E-state index contributed by atoms with van der Waals surface area (Å²) in [5.74, 6) is 0.290. The third-order valence-electron chi connectivity index (χ3n) is 4.68. The van der Waals surface area contributed by atoms with Gasteiger partial charge in [-0.15, -0.1) is 0 Å². The number of amides is 1. The summed E-state index contributed by atoms with van der Waals surface area (Å²) in [7, 11) is 0. The largest absolute Gasteiger partial charge is 0.311 e. The molecule has 0 spiro atoms. The van der Waals surface area contributed by atoms with Gasteiger partial charge in [-0.3, -0.25) is 9.59 Å². The number of benzene rings is 2. The predicted molar refractivity (Wildman–Crippen MR) is 101 cm³/mol. The molecule has 2 aromatic carbocycles. The van der Waals surface area contributed by atoms with E-state index in [0.717, 1.165) is 29.8 Å². The maximum Gasteiger partial charge on any atom is 0.232 e. The second kappa shape index (κ2) is 6.83. The molecule has 0 bridgehead atoms. The van der Waals surface area contributed by atoms with Gasteiger partial charge in [0.25, 0.3) is 0 Å². The van der Waals surface area contributed by atoms with E-state index in [4.69, 9.17) is 0 Å². The normalized spacial score (nSPS) is 13.6. The molecule has 0 radical (unpaired) electrons. The van der Waals surface area contributed by atoms with Gasteiger partial charge in [0, 0.05) is 23.9 Å². The molecule has 0 aromatic heterocycles. The highest BCUT2D eigenvalue weighted by Crippen LogP contribution is 2.35. The number of nitrogens with zero attached hydrogens (tertiary/aromatic N) is 1. The van der Waals surface area contributed by atoms with Crippen molar-refractivity contribution in [1.82, 2.24) is 0 Å². The molecule has 3 rings (SSSR count). The molecule has 3 heteroatoms. The van der Waals surface area contributed by atoms with E-state index >= 15 is 0 Å². The quantitative estimate of drug-likeness (QED) is 0.775. The van der Waals surface area contributed by atoms with Crippen LogP contribution >= 0.6 is 0 Å². The summed E-state index contributed by atoms with van der Waals surface area (Å²) in [6, 6.07) is 15.6. The van der Waals surface area contributed by atoms with Crippen molar-refractivity contribution >= 4 is 17.4 Å². The number of hydrogen-bond acceptors (Lipinski definition) is 2. The summed E-state index contributed by atoms with van der Waals surface area (Å²) in [6.45, 7) is 6.59. The van der Waals surface area contributed by atoms with Gasteiger partial charge in [-0.2, -0.15) is 0 Å². The fraction of sp³-hybridized carbons (Fsp3) is 0.364. The molecule has 0 unspecified atom stereocenters. The maximum absolute atomic E-state index is 12.8. The number of fused-ring (bicyclic) bond motifs is 1. The van der Waals surface area contributed by atoms with Crippen LogP contribution in [0.5, 0.6) is 0 Å². The van der Waals surface area contributed by atoms with E-state index in [1.807, 2.05) is 68.1 Å². The van der Waals surface area contributed by atoms with E-state index in [-0.39, 0.29) is 11.7 Å². The molecule has 0 N–H and O–H groups in total. The second-order valence-electron chi connectivity index (χ2n) is 7.67. The molecule has 130 valence electrons. The maximum atomic E-state index is 12.8. The van der Waals surface area contributed by atoms with Gasteiger partial charge in [0.15, 0.2) is 5.78 Å². The van der Waals surface area contributed by atoms with Gasteiger partial charge in [0.05, 0.1) is 5.69 Å². The number of Topliss-reactive ketones (excluding diaryl/α,β-unsaturated/α-hetero) is 1. The summed E-state index contributed by atoms with van der Waals surface area (Å²) in [4.78, 5) is 27.1. The number of hydrogen-bond donors (Lipinski definition) is 0. The standard InChI is InChI=1S/C22H25NO2/c1-22(2,3)21(25)23-15-14-18-11-7-10-17(20(18)23)12-13-19(24)16-8-5-4-6-9-16/h4-11H,12-15H2,1-3H3. The monoisotopic (exact) mass is 335 g/mol. The first-order valence-electron chi connectivity index (χ1n) is 8.89. The molecule has 0 fully saturated rings. The molecule has 25 heavy (non-hydrogen) atoms. The van der Waals surface area contributed by atoms with Gasteiger partial charge in [-0.05, 0) is 24.0 Å². The average molecular weight is 335 g/mol. The number of carbonyl (C=O) groups is 2. The molecule has 1 aliphatic rings. The Bertz CT molecular complexity index is 787. The lowest BCUT2D eigenvalue weighted by atomic mass is 9.94. The zero-order chi connectivity index (χ0) is 18.0. The first kappa shape index (κ1) is 17.4. The van der Waals surface area contributed by atoms with E-state index in [2.05, 4.69) is 6.07 Å². The third-order valence-corrected chi connectivity index (χ3v) is 4.68. The first-order valence-corrected chi connectivity index (χ1v) is 8.89. The number of ketones is 1.